The Hall–Kier alpha value is -0.660. The largest absolute Gasteiger partial charge is 0.469 e. The van der Waals surface area contributed by atoms with Crippen LogP contribution in [0.4, 0.5) is 0 Å². The van der Waals surface area contributed by atoms with Crippen molar-refractivity contribution in [3.63, 3.8) is 0 Å². The van der Waals surface area contributed by atoms with E-state index in [-0.39, 0.29) is 5.97 Å². The van der Waals surface area contributed by atoms with E-state index in [0.29, 0.717) is 32.0 Å². The second-order valence-corrected chi connectivity index (χ2v) is 9.67. The molecule has 3 rings (SSSR count). The molecule has 2 atom stereocenters. The third-order valence-corrected chi connectivity index (χ3v) is 8.21. The Morgan fingerprint density at radius 1 is 1.08 bits per heavy atom. The zero-order valence-electron chi connectivity index (χ0n) is 14.6. The highest BCUT2D eigenvalue weighted by atomic mass is 32.2. The van der Waals surface area contributed by atoms with Crippen molar-refractivity contribution in [2.45, 2.75) is 62.7 Å². The third-order valence-electron chi connectivity index (χ3n) is 5.80. The fourth-order valence-corrected chi connectivity index (χ4v) is 6.27. The quantitative estimate of drug-likeness (QED) is 0.729. The summed E-state index contributed by atoms with van der Waals surface area (Å²) in [6.45, 7) is 2.20. The lowest BCUT2D eigenvalue weighted by Gasteiger charge is -2.37. The Bertz CT molecular complexity index is 539. The predicted octanol–water partition coefficient (Wildman–Crippen LogP) is 1.51. The van der Waals surface area contributed by atoms with Gasteiger partial charge in [0.05, 0.1) is 18.3 Å². The second kappa shape index (κ2) is 7.70. The fraction of sp³-hybridized carbons (Fsp3) is 0.941. The van der Waals surface area contributed by atoms with Crippen LogP contribution in [0.15, 0.2) is 0 Å². The number of esters is 1. The molecule has 3 fully saturated rings. The molecule has 2 unspecified atom stereocenters. The van der Waals surface area contributed by atoms with Gasteiger partial charge in [-0.15, -0.1) is 0 Å². The maximum absolute atomic E-state index is 13.1. The Morgan fingerprint density at radius 2 is 1.75 bits per heavy atom. The summed E-state index contributed by atoms with van der Waals surface area (Å²) in [5, 5.41) is 2.97. The van der Waals surface area contributed by atoms with Crippen LogP contribution in [0.25, 0.3) is 0 Å². The van der Waals surface area contributed by atoms with E-state index >= 15 is 0 Å². The molecule has 1 saturated heterocycles. The van der Waals surface area contributed by atoms with Crippen LogP contribution in [0.3, 0.4) is 0 Å². The van der Waals surface area contributed by atoms with E-state index < -0.39 is 21.2 Å². The van der Waals surface area contributed by atoms with Gasteiger partial charge >= 0.3 is 5.97 Å². The molecule has 2 saturated carbocycles. The van der Waals surface area contributed by atoms with Gasteiger partial charge in [-0.1, -0.05) is 12.8 Å². The van der Waals surface area contributed by atoms with E-state index in [2.05, 4.69) is 5.32 Å². The number of piperidine rings is 1. The topological polar surface area (TPSA) is 75.7 Å². The van der Waals surface area contributed by atoms with Crippen molar-refractivity contribution < 1.29 is 17.9 Å². The lowest BCUT2D eigenvalue weighted by molar-refractivity contribution is -0.146. The summed E-state index contributed by atoms with van der Waals surface area (Å²) in [6.07, 6.45) is 7.35. The third kappa shape index (κ3) is 4.11. The van der Waals surface area contributed by atoms with E-state index in [0.717, 1.165) is 38.1 Å². The number of carbonyl (C=O) groups excluding carboxylic acids is 1. The van der Waals surface area contributed by atoms with Crippen molar-refractivity contribution >= 4 is 16.0 Å². The number of ether oxygens (including phenoxy) is 1. The maximum Gasteiger partial charge on any atom is 0.310 e. The average Bonchev–Trinajstić information content (AvgIpc) is 3.44. The van der Waals surface area contributed by atoms with Crippen LogP contribution < -0.4 is 5.32 Å². The summed E-state index contributed by atoms with van der Waals surface area (Å²) in [7, 11) is -2.08. The lowest BCUT2D eigenvalue weighted by atomic mass is 9.89. The number of carbonyl (C=O) groups is 1. The van der Waals surface area contributed by atoms with Crippen molar-refractivity contribution in [3.8, 4) is 0 Å². The highest BCUT2D eigenvalue weighted by Crippen LogP contribution is 2.33. The van der Waals surface area contributed by atoms with E-state index in [1.807, 2.05) is 0 Å². The number of methoxy groups -OCH3 is 1. The first kappa shape index (κ1) is 18.1. The molecule has 0 radical (unpaired) electrons. The van der Waals surface area contributed by atoms with Crippen molar-refractivity contribution in [1.29, 1.82) is 0 Å². The number of sulfonamides is 1. The Morgan fingerprint density at radius 3 is 2.38 bits per heavy atom. The van der Waals surface area contributed by atoms with Crippen LogP contribution in [0.2, 0.25) is 0 Å². The van der Waals surface area contributed by atoms with Gasteiger partial charge in [0, 0.05) is 19.1 Å². The molecule has 1 N–H and O–H groups in total. The Balaban J connectivity index is 1.58. The minimum atomic E-state index is -3.43. The van der Waals surface area contributed by atoms with Gasteiger partial charge in [-0.2, -0.15) is 0 Å². The molecular weight excluding hydrogens is 328 g/mol. The first-order valence-electron chi connectivity index (χ1n) is 9.32. The molecule has 1 aliphatic heterocycles. The van der Waals surface area contributed by atoms with Crippen LogP contribution in [0.1, 0.15) is 51.4 Å². The molecule has 0 aromatic carbocycles. The van der Waals surface area contributed by atoms with E-state index in [9.17, 15) is 13.2 Å². The summed E-state index contributed by atoms with van der Waals surface area (Å²) in [5.41, 5.74) is 0. The van der Waals surface area contributed by atoms with Crippen LogP contribution in [0, 0.1) is 11.8 Å². The van der Waals surface area contributed by atoms with E-state index in [1.165, 1.54) is 20.0 Å². The minimum absolute atomic E-state index is 0.371. The first-order valence-corrected chi connectivity index (χ1v) is 10.8. The number of nitrogens with one attached hydrogen (secondary N) is 1. The average molecular weight is 359 g/mol. The molecule has 0 bridgehead atoms. The molecule has 6 nitrogen and oxygen atoms in total. The molecular formula is C17H30N2O4S. The fourth-order valence-electron chi connectivity index (χ4n) is 4.04. The van der Waals surface area contributed by atoms with Crippen molar-refractivity contribution in [2.75, 3.05) is 26.7 Å². The Labute approximate surface area is 145 Å². The number of hydrogen-bond acceptors (Lipinski definition) is 5. The zero-order chi connectivity index (χ0) is 17.2. The summed E-state index contributed by atoms with van der Waals surface area (Å²) in [4.78, 5) is 12.0. The minimum Gasteiger partial charge on any atom is -0.469 e. The van der Waals surface area contributed by atoms with Gasteiger partial charge in [0.1, 0.15) is 0 Å². The number of nitrogens with zero attached hydrogens (tertiary/aromatic N) is 1. The molecule has 2 aliphatic carbocycles. The number of rotatable bonds is 6. The second-order valence-electron chi connectivity index (χ2n) is 7.52. The van der Waals surface area contributed by atoms with E-state index in [1.54, 1.807) is 4.31 Å². The normalized spacial score (nSPS) is 30.2. The number of hydrogen-bond donors (Lipinski definition) is 1. The van der Waals surface area contributed by atoms with Gasteiger partial charge < -0.3 is 10.1 Å². The van der Waals surface area contributed by atoms with Crippen LogP contribution in [0.5, 0.6) is 0 Å². The van der Waals surface area contributed by atoms with Gasteiger partial charge in [0.15, 0.2) is 0 Å². The van der Waals surface area contributed by atoms with Gasteiger partial charge in [-0.3, -0.25) is 4.79 Å². The van der Waals surface area contributed by atoms with Crippen LogP contribution >= 0.6 is 0 Å². The molecule has 0 spiro atoms. The molecule has 3 aliphatic rings. The molecule has 1 heterocycles. The van der Waals surface area contributed by atoms with Crippen molar-refractivity contribution in [2.24, 2.45) is 11.8 Å². The van der Waals surface area contributed by atoms with Crippen molar-refractivity contribution in [1.82, 2.24) is 9.62 Å². The van der Waals surface area contributed by atoms with Crippen molar-refractivity contribution in [3.05, 3.63) is 0 Å². The first-order chi connectivity index (χ1) is 11.5. The zero-order valence-corrected chi connectivity index (χ0v) is 15.4. The highest BCUT2D eigenvalue weighted by molar-refractivity contribution is 7.89. The molecule has 0 amide bonds. The molecule has 7 heteroatoms. The van der Waals surface area contributed by atoms with Crippen LogP contribution in [-0.2, 0) is 19.6 Å². The summed E-state index contributed by atoms with van der Waals surface area (Å²) < 4.78 is 32.6. The van der Waals surface area contributed by atoms with Gasteiger partial charge in [-0.25, -0.2) is 12.7 Å². The molecule has 138 valence electrons. The Kier molecular flexibility index (Phi) is 5.82. The monoisotopic (exact) mass is 358 g/mol. The van der Waals surface area contributed by atoms with Gasteiger partial charge in [0.25, 0.3) is 0 Å². The maximum atomic E-state index is 13.1. The summed E-state index contributed by atoms with van der Waals surface area (Å²) in [6, 6.07) is 0.430. The molecule has 0 aromatic heterocycles. The molecule has 0 aromatic rings. The van der Waals surface area contributed by atoms with Crippen LogP contribution in [-0.4, -0.2) is 56.7 Å². The smallest absolute Gasteiger partial charge is 0.310 e. The van der Waals surface area contributed by atoms with Gasteiger partial charge in [0.2, 0.25) is 10.0 Å². The SMILES string of the molecule is COC(=O)C1CCCCC1S(=O)(=O)N1CCC(NCC2CC2)CC1. The highest BCUT2D eigenvalue weighted by Gasteiger charge is 2.43. The predicted molar refractivity (Wildman–Crippen MR) is 92.0 cm³/mol. The summed E-state index contributed by atoms with van der Waals surface area (Å²) in [5.74, 6) is -0.0291. The summed E-state index contributed by atoms with van der Waals surface area (Å²) >= 11 is 0. The molecule has 24 heavy (non-hydrogen) atoms. The lowest BCUT2D eigenvalue weighted by Crippen LogP contribution is -2.51. The van der Waals surface area contributed by atoms with E-state index in [4.69, 9.17) is 4.74 Å². The van der Waals surface area contributed by atoms with Gasteiger partial charge in [-0.05, 0) is 51.0 Å². The standard InChI is InChI=1S/C17H30N2O4S/c1-23-17(20)15-4-2-3-5-16(15)24(21,22)19-10-8-14(9-11-19)18-12-13-6-7-13/h13-16,18H,2-12H2,1H3.